The Labute approximate surface area is 135 Å². The van der Waals surface area contributed by atoms with E-state index < -0.39 is 5.60 Å². The highest BCUT2D eigenvalue weighted by atomic mass is 79.9. The Morgan fingerprint density at radius 3 is 2.76 bits per heavy atom. The van der Waals surface area contributed by atoms with Crippen LogP contribution in [0.25, 0.3) is 0 Å². The molecule has 1 aliphatic heterocycles. The van der Waals surface area contributed by atoms with Crippen molar-refractivity contribution in [2.45, 2.75) is 38.8 Å². The van der Waals surface area contributed by atoms with Crippen molar-refractivity contribution in [3.05, 3.63) is 33.8 Å². The van der Waals surface area contributed by atoms with Crippen LogP contribution in [-0.4, -0.2) is 36.7 Å². The molecule has 0 fully saturated rings. The first-order chi connectivity index (χ1) is 9.80. The van der Waals surface area contributed by atoms with Crippen LogP contribution in [0.4, 0.5) is 4.79 Å². The molecule has 0 spiro atoms. The fourth-order valence-corrected chi connectivity index (χ4v) is 2.94. The van der Waals surface area contributed by atoms with E-state index in [1.54, 1.807) is 4.90 Å². The molecule has 0 aliphatic carbocycles. The van der Waals surface area contributed by atoms with E-state index in [4.69, 9.17) is 4.74 Å². The topological polar surface area (TPSA) is 41.6 Å². The summed E-state index contributed by atoms with van der Waals surface area (Å²) in [6.45, 7) is 6.98. The molecule has 1 atom stereocenters. The number of rotatable bonds is 1. The minimum atomic E-state index is -0.464. The lowest BCUT2D eigenvalue weighted by molar-refractivity contribution is 0.0241. The first-order valence-corrected chi connectivity index (χ1v) is 8.03. The van der Waals surface area contributed by atoms with E-state index >= 15 is 0 Å². The van der Waals surface area contributed by atoms with Crippen molar-refractivity contribution in [2.75, 3.05) is 20.1 Å². The molecule has 1 heterocycles. The van der Waals surface area contributed by atoms with Gasteiger partial charge in [0.05, 0.1) is 6.04 Å². The Kier molecular flexibility index (Phi) is 4.94. The van der Waals surface area contributed by atoms with Crippen LogP contribution in [0.1, 0.15) is 37.9 Å². The molecule has 5 heteroatoms. The van der Waals surface area contributed by atoms with Crippen LogP contribution in [0.2, 0.25) is 0 Å². The number of halogens is 1. The number of likely N-dealkylation sites (N-methyl/N-ethyl adjacent to an activating group) is 1. The van der Waals surface area contributed by atoms with E-state index in [9.17, 15) is 4.79 Å². The van der Waals surface area contributed by atoms with E-state index in [1.807, 2.05) is 33.9 Å². The van der Waals surface area contributed by atoms with Gasteiger partial charge in [-0.2, -0.15) is 0 Å². The summed E-state index contributed by atoms with van der Waals surface area (Å²) in [6, 6.07) is 6.44. The van der Waals surface area contributed by atoms with Crippen molar-refractivity contribution >= 4 is 22.0 Å². The molecule has 1 aliphatic rings. The third kappa shape index (κ3) is 4.20. The summed E-state index contributed by atoms with van der Waals surface area (Å²) >= 11 is 3.52. The molecule has 1 N–H and O–H groups in total. The van der Waals surface area contributed by atoms with Crippen molar-refractivity contribution in [1.29, 1.82) is 0 Å². The number of amides is 1. The number of nitrogens with zero attached hydrogens (tertiary/aromatic N) is 1. The number of carbonyl (C=O) groups is 1. The van der Waals surface area contributed by atoms with E-state index in [1.165, 1.54) is 11.1 Å². The predicted molar refractivity (Wildman–Crippen MR) is 87.5 cm³/mol. The number of hydrogen-bond donors (Lipinski definition) is 1. The summed E-state index contributed by atoms with van der Waals surface area (Å²) in [7, 11) is 1.93. The molecule has 0 aromatic heterocycles. The predicted octanol–water partition coefficient (Wildman–Crippen LogP) is 3.50. The lowest BCUT2D eigenvalue weighted by Crippen LogP contribution is -2.40. The van der Waals surface area contributed by atoms with Gasteiger partial charge in [0.25, 0.3) is 0 Å². The molecular formula is C16H23BrN2O2. The minimum Gasteiger partial charge on any atom is -0.444 e. The summed E-state index contributed by atoms with van der Waals surface area (Å²) in [5.74, 6) is 0. The van der Waals surface area contributed by atoms with Crippen LogP contribution >= 0.6 is 15.9 Å². The highest BCUT2D eigenvalue weighted by Gasteiger charge is 2.28. The summed E-state index contributed by atoms with van der Waals surface area (Å²) in [6.07, 6.45) is 0.598. The second kappa shape index (κ2) is 6.36. The molecule has 0 saturated carbocycles. The maximum absolute atomic E-state index is 12.3. The summed E-state index contributed by atoms with van der Waals surface area (Å²) < 4.78 is 6.57. The Morgan fingerprint density at radius 1 is 1.43 bits per heavy atom. The van der Waals surface area contributed by atoms with Crippen molar-refractivity contribution in [3.8, 4) is 0 Å². The third-order valence-corrected chi connectivity index (χ3v) is 4.03. The summed E-state index contributed by atoms with van der Waals surface area (Å²) in [5.41, 5.74) is 2.07. The van der Waals surface area contributed by atoms with E-state index in [0.29, 0.717) is 13.1 Å². The minimum absolute atomic E-state index is 0.128. The Bertz CT molecular complexity index is 525. The quantitative estimate of drug-likeness (QED) is 0.838. The van der Waals surface area contributed by atoms with Crippen LogP contribution in [0.15, 0.2) is 22.7 Å². The number of benzene rings is 1. The van der Waals surface area contributed by atoms with Crippen LogP contribution in [0, 0.1) is 0 Å². The highest BCUT2D eigenvalue weighted by Crippen LogP contribution is 2.27. The molecule has 2 rings (SSSR count). The van der Waals surface area contributed by atoms with Crippen molar-refractivity contribution in [3.63, 3.8) is 0 Å². The van der Waals surface area contributed by atoms with Gasteiger partial charge in [-0.3, -0.25) is 0 Å². The van der Waals surface area contributed by atoms with Gasteiger partial charge in [-0.05, 0) is 57.5 Å². The zero-order valence-electron chi connectivity index (χ0n) is 13.1. The van der Waals surface area contributed by atoms with Gasteiger partial charge in [-0.1, -0.05) is 22.0 Å². The molecule has 21 heavy (non-hydrogen) atoms. The fraction of sp³-hybridized carbons (Fsp3) is 0.562. The molecule has 0 saturated heterocycles. The zero-order chi connectivity index (χ0) is 15.6. The van der Waals surface area contributed by atoms with Gasteiger partial charge in [-0.15, -0.1) is 0 Å². The molecule has 116 valence electrons. The van der Waals surface area contributed by atoms with Gasteiger partial charge >= 0.3 is 6.09 Å². The second-order valence-electron chi connectivity index (χ2n) is 6.36. The van der Waals surface area contributed by atoms with Gasteiger partial charge in [-0.25, -0.2) is 4.79 Å². The zero-order valence-corrected chi connectivity index (χ0v) is 14.7. The van der Waals surface area contributed by atoms with Crippen LogP contribution in [0.3, 0.4) is 0 Å². The van der Waals surface area contributed by atoms with E-state index in [2.05, 4.69) is 33.4 Å². The molecule has 1 aromatic carbocycles. The smallest absolute Gasteiger partial charge is 0.410 e. The third-order valence-electron chi connectivity index (χ3n) is 3.53. The van der Waals surface area contributed by atoms with Gasteiger partial charge in [0.2, 0.25) is 0 Å². The lowest BCUT2D eigenvalue weighted by Gasteiger charge is -2.28. The first-order valence-electron chi connectivity index (χ1n) is 7.23. The first kappa shape index (κ1) is 16.3. The number of fused-ring (bicyclic) bond motifs is 1. The maximum atomic E-state index is 12.3. The van der Waals surface area contributed by atoms with E-state index in [-0.39, 0.29) is 12.1 Å². The van der Waals surface area contributed by atoms with Crippen molar-refractivity contribution in [2.24, 2.45) is 0 Å². The maximum Gasteiger partial charge on any atom is 0.410 e. The van der Waals surface area contributed by atoms with Crippen molar-refractivity contribution < 1.29 is 9.53 Å². The average Bonchev–Trinajstić information content (AvgIpc) is 2.55. The van der Waals surface area contributed by atoms with Gasteiger partial charge in [0.15, 0.2) is 0 Å². The molecule has 1 amide bonds. The molecular weight excluding hydrogens is 332 g/mol. The number of carbonyl (C=O) groups excluding carboxylic acids is 1. The summed E-state index contributed by atoms with van der Waals surface area (Å²) in [5, 5.41) is 3.30. The Morgan fingerprint density at radius 2 is 2.14 bits per heavy atom. The number of hydrogen-bond acceptors (Lipinski definition) is 3. The Hall–Kier alpha value is -1.07. The highest BCUT2D eigenvalue weighted by molar-refractivity contribution is 9.10. The van der Waals surface area contributed by atoms with Gasteiger partial charge < -0.3 is 15.0 Å². The SMILES string of the molecule is CNC1CN(C(=O)OC(C)(C)C)CCc2cc(Br)ccc21. The summed E-state index contributed by atoms with van der Waals surface area (Å²) in [4.78, 5) is 14.1. The molecule has 4 nitrogen and oxygen atoms in total. The van der Waals surface area contributed by atoms with Crippen LogP contribution < -0.4 is 5.32 Å². The average molecular weight is 355 g/mol. The lowest BCUT2D eigenvalue weighted by atomic mass is 10.00. The standard InChI is InChI=1S/C16H23BrN2O2/c1-16(2,3)21-15(20)19-8-7-11-9-12(17)5-6-13(11)14(10-19)18-4/h5-6,9,14,18H,7-8,10H2,1-4H3. The molecule has 1 unspecified atom stereocenters. The molecule has 0 bridgehead atoms. The van der Waals surface area contributed by atoms with Gasteiger partial charge in [0.1, 0.15) is 5.60 Å². The normalized spacial score (nSPS) is 18.9. The number of nitrogens with one attached hydrogen (secondary N) is 1. The largest absolute Gasteiger partial charge is 0.444 e. The molecule has 1 aromatic rings. The van der Waals surface area contributed by atoms with Crippen LogP contribution in [-0.2, 0) is 11.2 Å². The number of ether oxygens (including phenoxy) is 1. The van der Waals surface area contributed by atoms with Crippen molar-refractivity contribution in [1.82, 2.24) is 10.2 Å². The molecule has 0 radical (unpaired) electrons. The Balaban J connectivity index is 2.20. The van der Waals surface area contributed by atoms with Gasteiger partial charge in [0, 0.05) is 17.6 Å². The second-order valence-corrected chi connectivity index (χ2v) is 7.28. The van der Waals surface area contributed by atoms with Crippen LogP contribution in [0.5, 0.6) is 0 Å². The van der Waals surface area contributed by atoms with E-state index in [0.717, 1.165) is 10.9 Å². The fourth-order valence-electron chi connectivity index (χ4n) is 2.54. The monoisotopic (exact) mass is 354 g/mol.